The average Bonchev–Trinajstić information content (AvgIpc) is 3.25. The van der Waals surface area contributed by atoms with Crippen molar-refractivity contribution in [1.29, 1.82) is 0 Å². The lowest BCUT2D eigenvalue weighted by atomic mass is 10.1. The van der Waals surface area contributed by atoms with Crippen molar-refractivity contribution in [2.24, 2.45) is 0 Å². The van der Waals surface area contributed by atoms with Gasteiger partial charge in [0.25, 0.3) is 5.91 Å². The molecule has 6 nitrogen and oxygen atoms in total. The summed E-state index contributed by atoms with van der Waals surface area (Å²) < 4.78 is 5.88. The maximum atomic E-state index is 12.4. The van der Waals surface area contributed by atoms with Crippen LogP contribution in [0.5, 0.6) is 11.5 Å². The molecule has 2 aromatic carbocycles. The molecule has 1 aliphatic rings. The Bertz CT molecular complexity index is 1110. The summed E-state index contributed by atoms with van der Waals surface area (Å²) in [4.78, 5) is 28.2. The van der Waals surface area contributed by atoms with Gasteiger partial charge in [0, 0.05) is 31.4 Å². The highest BCUT2D eigenvalue weighted by molar-refractivity contribution is 5.92. The van der Waals surface area contributed by atoms with Gasteiger partial charge in [0.05, 0.1) is 0 Å². The number of anilines is 1. The Kier molecular flexibility index (Phi) is 6.26. The molecule has 1 heterocycles. The maximum absolute atomic E-state index is 12.4. The van der Waals surface area contributed by atoms with E-state index in [1.54, 1.807) is 19.2 Å². The zero-order valence-corrected chi connectivity index (χ0v) is 17.5. The second kappa shape index (κ2) is 9.43. The zero-order valence-electron chi connectivity index (χ0n) is 17.5. The average molecular weight is 415 g/mol. The Hall–Kier alpha value is -3.67. The molecule has 0 aliphatic heterocycles. The molecular weight excluding hydrogens is 390 g/mol. The van der Waals surface area contributed by atoms with Gasteiger partial charge in [0.2, 0.25) is 5.91 Å². The molecule has 0 bridgehead atoms. The van der Waals surface area contributed by atoms with Gasteiger partial charge in [-0.1, -0.05) is 18.2 Å². The molecule has 0 spiro atoms. The number of amides is 2. The lowest BCUT2D eigenvalue weighted by Crippen LogP contribution is -2.18. The molecule has 3 aromatic rings. The fourth-order valence-corrected chi connectivity index (χ4v) is 3.76. The molecule has 4 rings (SSSR count). The van der Waals surface area contributed by atoms with E-state index in [4.69, 9.17) is 4.74 Å². The molecule has 1 aromatic heterocycles. The summed E-state index contributed by atoms with van der Waals surface area (Å²) >= 11 is 0. The number of carbonyl (C=O) groups excluding carboxylic acids is 2. The Balaban J connectivity index is 1.34. The summed E-state index contributed by atoms with van der Waals surface area (Å²) in [6, 6.07) is 17.1. The lowest BCUT2D eigenvalue weighted by Gasteiger charge is -2.10. The SMILES string of the molecule is CNC(=O)c1cc(Oc2cccc(CCC(=O)Nc3ccc4c(c3)CCC4)c2)ccn1. The largest absolute Gasteiger partial charge is 0.457 e. The smallest absolute Gasteiger partial charge is 0.269 e. The van der Waals surface area contributed by atoms with Crippen molar-refractivity contribution >= 4 is 17.5 Å². The molecule has 6 heteroatoms. The minimum absolute atomic E-state index is 0.00591. The molecule has 0 atom stereocenters. The van der Waals surface area contributed by atoms with Crippen LogP contribution in [-0.2, 0) is 24.1 Å². The van der Waals surface area contributed by atoms with E-state index in [-0.39, 0.29) is 11.8 Å². The fourth-order valence-electron chi connectivity index (χ4n) is 3.76. The number of carbonyl (C=O) groups is 2. The van der Waals surface area contributed by atoms with Crippen LogP contribution >= 0.6 is 0 Å². The number of hydrogen-bond donors (Lipinski definition) is 2. The summed E-state index contributed by atoms with van der Waals surface area (Å²) in [5.41, 5.74) is 4.90. The van der Waals surface area contributed by atoms with E-state index in [1.807, 2.05) is 30.3 Å². The normalized spacial score (nSPS) is 12.2. The van der Waals surface area contributed by atoms with Crippen molar-refractivity contribution in [2.75, 3.05) is 12.4 Å². The number of fused-ring (bicyclic) bond motifs is 1. The Morgan fingerprint density at radius 2 is 1.84 bits per heavy atom. The zero-order chi connectivity index (χ0) is 21.6. The first-order valence-corrected chi connectivity index (χ1v) is 10.5. The van der Waals surface area contributed by atoms with E-state index in [0.717, 1.165) is 24.1 Å². The molecular formula is C25H25N3O3. The Morgan fingerprint density at radius 1 is 1.00 bits per heavy atom. The van der Waals surface area contributed by atoms with Gasteiger partial charge in [0.1, 0.15) is 17.2 Å². The highest BCUT2D eigenvalue weighted by Gasteiger charge is 2.12. The van der Waals surface area contributed by atoms with Gasteiger partial charge in [-0.2, -0.15) is 0 Å². The van der Waals surface area contributed by atoms with Crippen LogP contribution in [0.3, 0.4) is 0 Å². The third kappa shape index (κ3) is 5.28. The van der Waals surface area contributed by atoms with Crippen molar-refractivity contribution in [3.63, 3.8) is 0 Å². The molecule has 158 valence electrons. The van der Waals surface area contributed by atoms with E-state index in [1.165, 1.54) is 23.7 Å². The lowest BCUT2D eigenvalue weighted by molar-refractivity contribution is -0.116. The van der Waals surface area contributed by atoms with E-state index < -0.39 is 0 Å². The van der Waals surface area contributed by atoms with Gasteiger partial charge >= 0.3 is 0 Å². The maximum Gasteiger partial charge on any atom is 0.269 e. The topological polar surface area (TPSA) is 80.3 Å². The van der Waals surface area contributed by atoms with Crippen LogP contribution in [0.4, 0.5) is 5.69 Å². The quantitative estimate of drug-likeness (QED) is 0.603. The van der Waals surface area contributed by atoms with E-state index in [0.29, 0.717) is 30.0 Å². The standard InChI is InChI=1S/C25H25N3O3/c1-26-25(30)23-16-22(12-13-27-23)31-21-7-2-4-17(14-21)8-11-24(29)28-20-10-9-18-5-3-6-19(18)15-20/h2,4,7,9-10,12-16H,3,5-6,8,11H2,1H3,(H,26,30)(H,28,29). The minimum atomic E-state index is -0.270. The van der Waals surface area contributed by atoms with Gasteiger partial charge in [-0.05, 0) is 72.7 Å². The monoisotopic (exact) mass is 415 g/mol. The summed E-state index contributed by atoms with van der Waals surface area (Å²) in [6.45, 7) is 0. The van der Waals surface area contributed by atoms with Crippen LogP contribution in [0.2, 0.25) is 0 Å². The van der Waals surface area contributed by atoms with Gasteiger partial charge in [-0.25, -0.2) is 0 Å². The number of pyridine rings is 1. The molecule has 0 fully saturated rings. The second-order valence-electron chi connectivity index (χ2n) is 7.59. The molecule has 0 unspecified atom stereocenters. The van der Waals surface area contributed by atoms with E-state index in [2.05, 4.69) is 27.8 Å². The first kappa shape index (κ1) is 20.6. The third-order valence-corrected chi connectivity index (χ3v) is 5.35. The van der Waals surface area contributed by atoms with E-state index >= 15 is 0 Å². The molecule has 0 radical (unpaired) electrons. The number of aryl methyl sites for hydroxylation is 3. The number of aromatic nitrogens is 1. The molecule has 2 N–H and O–H groups in total. The highest BCUT2D eigenvalue weighted by Crippen LogP contribution is 2.25. The third-order valence-electron chi connectivity index (χ3n) is 5.35. The molecule has 0 saturated heterocycles. The van der Waals surface area contributed by atoms with E-state index in [9.17, 15) is 9.59 Å². The second-order valence-corrected chi connectivity index (χ2v) is 7.59. The summed E-state index contributed by atoms with van der Waals surface area (Å²) in [7, 11) is 1.56. The van der Waals surface area contributed by atoms with Crippen LogP contribution in [0.25, 0.3) is 0 Å². The van der Waals surface area contributed by atoms with Crippen LogP contribution in [-0.4, -0.2) is 23.8 Å². The molecule has 1 aliphatic carbocycles. The van der Waals surface area contributed by atoms with Crippen LogP contribution in [0.1, 0.15) is 40.0 Å². The predicted molar refractivity (Wildman–Crippen MR) is 120 cm³/mol. The summed E-state index contributed by atoms with van der Waals surface area (Å²) in [5.74, 6) is 0.896. The first-order valence-electron chi connectivity index (χ1n) is 10.5. The van der Waals surface area contributed by atoms with Gasteiger partial charge in [-0.15, -0.1) is 0 Å². The number of ether oxygens (including phenoxy) is 1. The molecule has 0 saturated carbocycles. The van der Waals surface area contributed by atoms with Crippen molar-refractivity contribution in [3.8, 4) is 11.5 Å². The molecule has 2 amide bonds. The Morgan fingerprint density at radius 3 is 2.71 bits per heavy atom. The number of rotatable bonds is 7. The van der Waals surface area contributed by atoms with Crippen LogP contribution in [0.15, 0.2) is 60.8 Å². The van der Waals surface area contributed by atoms with Crippen molar-refractivity contribution in [3.05, 3.63) is 83.2 Å². The van der Waals surface area contributed by atoms with Crippen molar-refractivity contribution in [2.45, 2.75) is 32.1 Å². The highest BCUT2D eigenvalue weighted by atomic mass is 16.5. The number of nitrogens with zero attached hydrogens (tertiary/aromatic N) is 1. The summed E-state index contributed by atoms with van der Waals surface area (Å²) in [6.07, 6.45) is 5.94. The van der Waals surface area contributed by atoms with Gasteiger partial charge < -0.3 is 15.4 Å². The number of nitrogens with one attached hydrogen (secondary N) is 2. The number of hydrogen-bond acceptors (Lipinski definition) is 4. The van der Waals surface area contributed by atoms with Crippen LogP contribution in [0, 0.1) is 0 Å². The Labute approximate surface area is 181 Å². The first-order chi connectivity index (χ1) is 15.1. The van der Waals surface area contributed by atoms with Gasteiger partial charge in [0.15, 0.2) is 0 Å². The minimum Gasteiger partial charge on any atom is -0.457 e. The van der Waals surface area contributed by atoms with Crippen molar-refractivity contribution in [1.82, 2.24) is 10.3 Å². The fraction of sp³-hybridized carbons (Fsp3) is 0.240. The van der Waals surface area contributed by atoms with Crippen LogP contribution < -0.4 is 15.4 Å². The van der Waals surface area contributed by atoms with Gasteiger partial charge in [-0.3, -0.25) is 14.6 Å². The predicted octanol–water partition coefficient (Wildman–Crippen LogP) is 4.29. The molecule has 31 heavy (non-hydrogen) atoms. The van der Waals surface area contributed by atoms with Crippen molar-refractivity contribution < 1.29 is 14.3 Å². The summed E-state index contributed by atoms with van der Waals surface area (Å²) in [5, 5.41) is 5.55. The number of benzene rings is 2.